The Hall–Kier alpha value is -1.38. The molecule has 0 aliphatic carbocycles. The summed E-state index contributed by atoms with van der Waals surface area (Å²) >= 11 is 1.40. The Morgan fingerprint density at radius 3 is 2.81 bits per heavy atom. The lowest BCUT2D eigenvalue weighted by Crippen LogP contribution is -2.36. The maximum atomic E-state index is 11.5. The number of hydrogen-bond donors (Lipinski definition) is 0. The molecule has 0 aromatic carbocycles. The van der Waals surface area contributed by atoms with E-state index in [-0.39, 0.29) is 5.78 Å². The van der Waals surface area contributed by atoms with Crippen LogP contribution >= 0.6 is 11.3 Å². The molecular formula is C11H12N2O2S. The van der Waals surface area contributed by atoms with Gasteiger partial charge in [0.1, 0.15) is 10.7 Å². The molecule has 0 bridgehead atoms. The van der Waals surface area contributed by atoms with Crippen LogP contribution in [0.2, 0.25) is 0 Å². The van der Waals surface area contributed by atoms with Gasteiger partial charge in [0.05, 0.1) is 13.2 Å². The van der Waals surface area contributed by atoms with Crippen LogP contribution in [0.3, 0.4) is 0 Å². The maximum absolute atomic E-state index is 11.5. The number of nitrogens with zero attached hydrogens (tertiary/aromatic N) is 2. The lowest BCUT2D eigenvalue weighted by molar-refractivity contribution is 0.101. The standard InChI is InChI=1S/C11H12N2O2S/c1-3-9-12-10(8(2)14)11(16-9)13-4-6-15-7-5-13/h1H,4-7H2,2H3. The lowest BCUT2D eigenvalue weighted by atomic mass is 10.3. The van der Waals surface area contributed by atoms with Crippen molar-refractivity contribution >= 4 is 22.1 Å². The third-order valence-corrected chi connectivity index (χ3v) is 3.41. The van der Waals surface area contributed by atoms with E-state index < -0.39 is 0 Å². The van der Waals surface area contributed by atoms with Gasteiger partial charge in [-0.05, 0) is 5.92 Å². The highest BCUT2D eigenvalue weighted by Gasteiger charge is 2.21. The van der Waals surface area contributed by atoms with Gasteiger partial charge < -0.3 is 9.64 Å². The molecule has 1 saturated heterocycles. The summed E-state index contributed by atoms with van der Waals surface area (Å²) in [6.45, 7) is 4.44. The average Bonchev–Trinajstić information content (AvgIpc) is 2.74. The molecule has 2 heterocycles. The van der Waals surface area contributed by atoms with E-state index in [0.717, 1.165) is 18.1 Å². The molecule has 0 amide bonds. The van der Waals surface area contributed by atoms with Crippen molar-refractivity contribution in [2.75, 3.05) is 31.2 Å². The first kappa shape index (κ1) is 11.1. The fourth-order valence-electron chi connectivity index (χ4n) is 1.58. The summed E-state index contributed by atoms with van der Waals surface area (Å²) in [6.07, 6.45) is 5.31. The SMILES string of the molecule is C#Cc1nc(C(C)=O)c(N2CCOCC2)s1. The van der Waals surface area contributed by atoms with E-state index in [1.165, 1.54) is 18.3 Å². The molecule has 1 aromatic rings. The zero-order valence-corrected chi connectivity index (χ0v) is 9.84. The van der Waals surface area contributed by atoms with Crippen LogP contribution in [0.15, 0.2) is 0 Å². The summed E-state index contributed by atoms with van der Waals surface area (Å²) in [4.78, 5) is 17.7. The molecule has 1 aromatic heterocycles. The Morgan fingerprint density at radius 2 is 2.25 bits per heavy atom. The zero-order valence-electron chi connectivity index (χ0n) is 9.02. The molecular weight excluding hydrogens is 224 g/mol. The Bertz CT molecular complexity index is 441. The van der Waals surface area contributed by atoms with Crippen LogP contribution in [0.25, 0.3) is 0 Å². The quantitative estimate of drug-likeness (QED) is 0.571. The molecule has 2 rings (SSSR count). The largest absolute Gasteiger partial charge is 0.378 e. The number of ether oxygens (including phenoxy) is 1. The number of thiazole rings is 1. The number of Topliss-reactive ketones (excluding diaryl/α,β-unsaturated/α-hetero) is 1. The fourth-order valence-corrected chi connectivity index (χ4v) is 2.56. The predicted molar refractivity (Wildman–Crippen MR) is 63.1 cm³/mol. The minimum atomic E-state index is -0.0424. The summed E-state index contributed by atoms with van der Waals surface area (Å²) in [5.41, 5.74) is 0.486. The maximum Gasteiger partial charge on any atom is 0.181 e. The Morgan fingerprint density at radius 1 is 1.56 bits per heavy atom. The van der Waals surface area contributed by atoms with Crippen molar-refractivity contribution in [1.82, 2.24) is 4.98 Å². The summed E-state index contributed by atoms with van der Waals surface area (Å²) in [5.74, 6) is 2.44. The van der Waals surface area contributed by atoms with Gasteiger partial charge in [0.15, 0.2) is 10.8 Å². The number of rotatable bonds is 2. The molecule has 0 spiro atoms. The molecule has 1 fully saturated rings. The van der Waals surface area contributed by atoms with Crippen LogP contribution in [0.4, 0.5) is 5.00 Å². The molecule has 0 saturated carbocycles. The second-order valence-electron chi connectivity index (χ2n) is 3.47. The molecule has 84 valence electrons. The third kappa shape index (κ3) is 2.08. The van der Waals surface area contributed by atoms with E-state index in [9.17, 15) is 4.79 Å². The van der Waals surface area contributed by atoms with Gasteiger partial charge in [-0.2, -0.15) is 0 Å². The molecule has 5 heteroatoms. The van der Waals surface area contributed by atoms with Crippen molar-refractivity contribution in [1.29, 1.82) is 0 Å². The van der Waals surface area contributed by atoms with Gasteiger partial charge in [-0.25, -0.2) is 4.98 Å². The van der Waals surface area contributed by atoms with E-state index in [1.54, 1.807) is 0 Å². The smallest absolute Gasteiger partial charge is 0.181 e. The molecule has 1 aliphatic heterocycles. The van der Waals surface area contributed by atoms with Crippen molar-refractivity contribution < 1.29 is 9.53 Å². The number of terminal acetylenes is 1. The van der Waals surface area contributed by atoms with Gasteiger partial charge >= 0.3 is 0 Å². The molecule has 0 radical (unpaired) electrons. The van der Waals surface area contributed by atoms with Crippen LogP contribution in [0.1, 0.15) is 22.4 Å². The molecule has 0 unspecified atom stereocenters. The molecule has 16 heavy (non-hydrogen) atoms. The monoisotopic (exact) mass is 236 g/mol. The topological polar surface area (TPSA) is 42.4 Å². The Balaban J connectivity index is 2.34. The minimum absolute atomic E-state index is 0.0424. The highest BCUT2D eigenvalue weighted by atomic mass is 32.1. The summed E-state index contributed by atoms with van der Waals surface area (Å²) in [7, 11) is 0. The van der Waals surface area contributed by atoms with Crippen LogP contribution in [-0.2, 0) is 4.74 Å². The second-order valence-corrected chi connectivity index (χ2v) is 4.45. The molecule has 4 nitrogen and oxygen atoms in total. The first-order valence-electron chi connectivity index (χ1n) is 5.03. The average molecular weight is 236 g/mol. The van der Waals surface area contributed by atoms with Crippen LogP contribution < -0.4 is 4.90 Å². The number of hydrogen-bond acceptors (Lipinski definition) is 5. The van der Waals surface area contributed by atoms with E-state index in [0.29, 0.717) is 23.9 Å². The number of carbonyl (C=O) groups is 1. The van der Waals surface area contributed by atoms with Crippen molar-refractivity contribution in [2.45, 2.75) is 6.92 Å². The fraction of sp³-hybridized carbons (Fsp3) is 0.455. The van der Waals surface area contributed by atoms with E-state index in [2.05, 4.69) is 15.8 Å². The highest BCUT2D eigenvalue weighted by molar-refractivity contribution is 7.16. The van der Waals surface area contributed by atoms with Gasteiger partial charge in [0, 0.05) is 20.0 Å². The predicted octanol–water partition coefficient (Wildman–Crippen LogP) is 1.16. The van der Waals surface area contributed by atoms with E-state index in [4.69, 9.17) is 11.2 Å². The number of anilines is 1. The van der Waals surface area contributed by atoms with Gasteiger partial charge in [0.25, 0.3) is 0 Å². The van der Waals surface area contributed by atoms with Crippen molar-refractivity contribution in [3.05, 3.63) is 10.7 Å². The zero-order chi connectivity index (χ0) is 11.5. The van der Waals surface area contributed by atoms with Crippen LogP contribution in [0.5, 0.6) is 0 Å². The van der Waals surface area contributed by atoms with Gasteiger partial charge in [-0.1, -0.05) is 11.3 Å². The minimum Gasteiger partial charge on any atom is -0.378 e. The third-order valence-electron chi connectivity index (χ3n) is 2.36. The van der Waals surface area contributed by atoms with Gasteiger partial charge in [-0.15, -0.1) is 6.42 Å². The van der Waals surface area contributed by atoms with Crippen molar-refractivity contribution in [2.24, 2.45) is 0 Å². The first-order chi connectivity index (χ1) is 7.72. The Labute approximate surface area is 98.2 Å². The summed E-state index contributed by atoms with van der Waals surface area (Å²) in [5, 5.41) is 1.44. The van der Waals surface area contributed by atoms with E-state index in [1.807, 2.05) is 0 Å². The lowest BCUT2D eigenvalue weighted by Gasteiger charge is -2.27. The number of carbonyl (C=O) groups excluding carboxylic acids is 1. The summed E-state index contributed by atoms with van der Waals surface area (Å²) in [6, 6.07) is 0. The van der Waals surface area contributed by atoms with E-state index >= 15 is 0 Å². The number of morpholine rings is 1. The van der Waals surface area contributed by atoms with Crippen molar-refractivity contribution in [3.8, 4) is 12.3 Å². The van der Waals surface area contributed by atoms with Gasteiger partial charge in [0.2, 0.25) is 0 Å². The Kier molecular flexibility index (Phi) is 3.22. The first-order valence-corrected chi connectivity index (χ1v) is 5.85. The molecule has 0 N–H and O–H groups in total. The molecule has 0 atom stereocenters. The highest BCUT2D eigenvalue weighted by Crippen LogP contribution is 2.29. The number of aromatic nitrogens is 1. The summed E-state index contributed by atoms with van der Waals surface area (Å²) < 4.78 is 5.27. The molecule has 1 aliphatic rings. The number of ketones is 1. The second kappa shape index (κ2) is 4.64. The van der Waals surface area contributed by atoms with Crippen LogP contribution in [0, 0.1) is 12.3 Å². The van der Waals surface area contributed by atoms with Gasteiger partial charge in [-0.3, -0.25) is 4.79 Å². The van der Waals surface area contributed by atoms with Crippen LogP contribution in [-0.4, -0.2) is 37.1 Å². The normalized spacial score (nSPS) is 15.9. The van der Waals surface area contributed by atoms with Crippen molar-refractivity contribution in [3.63, 3.8) is 0 Å².